The number of para-hydroxylation sites is 2. The van der Waals surface area contributed by atoms with Crippen LogP contribution in [0.1, 0.15) is 43.2 Å². The molecule has 0 bridgehead atoms. The maximum Gasteiger partial charge on any atom is 0.197 e. The summed E-state index contributed by atoms with van der Waals surface area (Å²) >= 11 is 0. The molecule has 180 valence electrons. The maximum atomic E-state index is 13.9. The van der Waals surface area contributed by atoms with Crippen LogP contribution in [0.4, 0.5) is 0 Å². The number of carbonyl (C=O) groups excluding carboxylic acids is 3. The van der Waals surface area contributed by atoms with Crippen LogP contribution in [0, 0.1) is 0 Å². The van der Waals surface area contributed by atoms with E-state index in [-0.39, 0.29) is 28.4 Å². The minimum absolute atomic E-state index is 0.0394. The van der Waals surface area contributed by atoms with Crippen LogP contribution in [0.15, 0.2) is 115 Å². The molecule has 1 N–H and O–H groups in total. The number of aromatic nitrogens is 2. The standard InChI is InChI=1S/C31H22N2O4/c34-25-19-11-10-18-24(25)26(35)20-27(36)29-28(31(37)22-14-6-2-7-15-22)30(21-12-4-1-5-13-21)33(32-29)23-16-8-3-9-17-23/h1-19,34H,20H2. The molecule has 0 spiro atoms. The molecular weight excluding hydrogens is 464 g/mol. The van der Waals surface area contributed by atoms with Crippen LogP contribution in [0.3, 0.4) is 0 Å². The summed E-state index contributed by atoms with van der Waals surface area (Å²) in [6.45, 7) is 0. The van der Waals surface area contributed by atoms with E-state index in [1.165, 1.54) is 12.1 Å². The average molecular weight is 487 g/mol. The lowest BCUT2D eigenvalue weighted by Gasteiger charge is -2.10. The lowest BCUT2D eigenvalue weighted by atomic mass is 9.94. The van der Waals surface area contributed by atoms with Crippen molar-refractivity contribution in [3.8, 4) is 22.7 Å². The average Bonchev–Trinajstić information content (AvgIpc) is 3.35. The predicted octanol–water partition coefficient (Wildman–Crippen LogP) is 5.93. The van der Waals surface area contributed by atoms with E-state index in [0.717, 1.165) is 0 Å². The summed E-state index contributed by atoms with van der Waals surface area (Å²) in [6, 6.07) is 33.2. The van der Waals surface area contributed by atoms with Crippen LogP contribution >= 0.6 is 0 Å². The lowest BCUT2D eigenvalue weighted by molar-refractivity contribution is 0.0884. The van der Waals surface area contributed by atoms with Gasteiger partial charge >= 0.3 is 0 Å². The SMILES string of the molecule is O=C(CC(=O)c1nn(-c2ccccc2)c(-c2ccccc2)c1C(=O)c1ccccc1)c1ccccc1O. The highest BCUT2D eigenvalue weighted by atomic mass is 16.3. The number of rotatable bonds is 8. The Kier molecular flexibility index (Phi) is 6.55. The Hall–Kier alpha value is -5.10. The zero-order valence-corrected chi connectivity index (χ0v) is 19.7. The van der Waals surface area contributed by atoms with Gasteiger partial charge in [0.2, 0.25) is 0 Å². The van der Waals surface area contributed by atoms with Gasteiger partial charge in [-0.05, 0) is 24.3 Å². The van der Waals surface area contributed by atoms with Crippen LogP contribution in [0.2, 0.25) is 0 Å². The monoisotopic (exact) mass is 486 g/mol. The van der Waals surface area contributed by atoms with E-state index in [2.05, 4.69) is 5.10 Å². The number of phenolic OH excluding ortho intramolecular Hbond substituents is 1. The molecule has 5 rings (SSSR count). The molecule has 0 aliphatic carbocycles. The van der Waals surface area contributed by atoms with Gasteiger partial charge in [-0.15, -0.1) is 0 Å². The molecule has 0 aliphatic rings. The first-order chi connectivity index (χ1) is 18.0. The lowest BCUT2D eigenvalue weighted by Crippen LogP contribution is -2.14. The van der Waals surface area contributed by atoms with Crippen molar-refractivity contribution in [2.45, 2.75) is 6.42 Å². The van der Waals surface area contributed by atoms with Crippen LogP contribution in [-0.2, 0) is 0 Å². The summed E-state index contributed by atoms with van der Waals surface area (Å²) in [7, 11) is 0. The molecule has 6 heteroatoms. The fourth-order valence-corrected chi connectivity index (χ4v) is 4.22. The Morgan fingerprint density at radius 3 is 1.89 bits per heavy atom. The van der Waals surface area contributed by atoms with Crippen molar-refractivity contribution in [2.24, 2.45) is 0 Å². The molecular formula is C31H22N2O4. The summed E-state index contributed by atoms with van der Waals surface area (Å²) in [5, 5.41) is 14.7. The first kappa shape index (κ1) is 23.6. The van der Waals surface area contributed by atoms with E-state index in [0.29, 0.717) is 22.5 Å². The van der Waals surface area contributed by atoms with Gasteiger partial charge < -0.3 is 5.11 Å². The Bertz CT molecular complexity index is 1590. The number of hydrogen-bond donors (Lipinski definition) is 1. The second-order valence-electron chi connectivity index (χ2n) is 8.42. The van der Waals surface area contributed by atoms with E-state index in [1.54, 1.807) is 47.1 Å². The molecule has 0 fully saturated rings. The zero-order valence-electron chi connectivity index (χ0n) is 19.7. The van der Waals surface area contributed by atoms with E-state index in [1.807, 2.05) is 60.7 Å². The number of Topliss-reactive ketones (excluding diaryl/α,β-unsaturated/α-hetero) is 2. The van der Waals surface area contributed by atoms with Crippen molar-refractivity contribution in [1.29, 1.82) is 0 Å². The van der Waals surface area contributed by atoms with Crippen molar-refractivity contribution >= 4 is 17.3 Å². The number of aromatic hydroxyl groups is 1. The first-order valence-electron chi connectivity index (χ1n) is 11.7. The van der Waals surface area contributed by atoms with Crippen LogP contribution in [-0.4, -0.2) is 32.2 Å². The minimum atomic E-state index is -0.612. The fraction of sp³-hybridized carbons (Fsp3) is 0.0323. The smallest absolute Gasteiger partial charge is 0.197 e. The van der Waals surface area contributed by atoms with Crippen LogP contribution in [0.5, 0.6) is 5.75 Å². The molecule has 1 heterocycles. The van der Waals surface area contributed by atoms with Crippen molar-refractivity contribution in [3.63, 3.8) is 0 Å². The predicted molar refractivity (Wildman–Crippen MR) is 140 cm³/mol. The summed E-state index contributed by atoms with van der Waals surface area (Å²) in [5.41, 5.74) is 2.28. The Morgan fingerprint density at radius 1 is 0.676 bits per heavy atom. The number of ketones is 3. The first-order valence-corrected chi connectivity index (χ1v) is 11.7. The summed E-state index contributed by atoms with van der Waals surface area (Å²) in [4.78, 5) is 40.4. The molecule has 0 unspecified atom stereocenters. The molecule has 37 heavy (non-hydrogen) atoms. The number of nitrogens with zero attached hydrogens (tertiary/aromatic N) is 2. The minimum Gasteiger partial charge on any atom is -0.507 e. The highest BCUT2D eigenvalue weighted by molar-refractivity contribution is 6.21. The highest BCUT2D eigenvalue weighted by Gasteiger charge is 2.31. The fourth-order valence-electron chi connectivity index (χ4n) is 4.22. The van der Waals surface area contributed by atoms with E-state index >= 15 is 0 Å². The topological polar surface area (TPSA) is 89.3 Å². The third-order valence-electron chi connectivity index (χ3n) is 5.99. The van der Waals surface area contributed by atoms with Gasteiger partial charge in [-0.3, -0.25) is 14.4 Å². The Balaban J connectivity index is 1.71. The quantitative estimate of drug-likeness (QED) is 0.217. The molecule has 0 atom stereocenters. The summed E-state index contributed by atoms with van der Waals surface area (Å²) < 4.78 is 1.57. The van der Waals surface area contributed by atoms with E-state index in [4.69, 9.17) is 0 Å². The van der Waals surface area contributed by atoms with E-state index in [9.17, 15) is 19.5 Å². The van der Waals surface area contributed by atoms with Crippen molar-refractivity contribution in [1.82, 2.24) is 9.78 Å². The molecule has 5 aromatic rings. The molecule has 0 aliphatic heterocycles. The van der Waals surface area contributed by atoms with Crippen LogP contribution in [0.25, 0.3) is 16.9 Å². The molecule has 0 saturated heterocycles. The normalized spacial score (nSPS) is 10.7. The number of hydrogen-bond acceptors (Lipinski definition) is 5. The molecule has 0 amide bonds. The third kappa shape index (κ3) is 4.73. The van der Waals surface area contributed by atoms with E-state index < -0.39 is 18.0 Å². The second kappa shape index (κ2) is 10.3. The van der Waals surface area contributed by atoms with Crippen molar-refractivity contribution in [3.05, 3.63) is 138 Å². The number of phenols is 1. The Morgan fingerprint density at radius 2 is 1.24 bits per heavy atom. The molecule has 0 radical (unpaired) electrons. The van der Waals surface area contributed by atoms with Crippen molar-refractivity contribution in [2.75, 3.05) is 0 Å². The zero-order chi connectivity index (χ0) is 25.8. The number of benzene rings is 4. The van der Waals surface area contributed by atoms with Gasteiger partial charge in [0.25, 0.3) is 0 Å². The Labute approximate surface area is 213 Å². The van der Waals surface area contributed by atoms with Gasteiger partial charge in [0, 0.05) is 11.1 Å². The van der Waals surface area contributed by atoms with Gasteiger partial charge in [-0.25, -0.2) is 4.68 Å². The van der Waals surface area contributed by atoms with Gasteiger partial charge in [-0.2, -0.15) is 5.10 Å². The summed E-state index contributed by atoms with van der Waals surface area (Å²) in [6.07, 6.45) is -0.549. The largest absolute Gasteiger partial charge is 0.507 e. The highest BCUT2D eigenvalue weighted by Crippen LogP contribution is 2.32. The summed E-state index contributed by atoms with van der Waals surface area (Å²) in [5.74, 6) is -1.75. The van der Waals surface area contributed by atoms with Gasteiger partial charge in [-0.1, -0.05) is 91.0 Å². The van der Waals surface area contributed by atoms with Gasteiger partial charge in [0.1, 0.15) is 11.4 Å². The van der Waals surface area contributed by atoms with Crippen molar-refractivity contribution < 1.29 is 19.5 Å². The number of carbonyl (C=O) groups is 3. The second-order valence-corrected chi connectivity index (χ2v) is 8.42. The molecule has 6 nitrogen and oxygen atoms in total. The van der Waals surface area contributed by atoms with Crippen LogP contribution < -0.4 is 0 Å². The molecule has 4 aromatic carbocycles. The maximum absolute atomic E-state index is 13.9. The molecule has 1 aromatic heterocycles. The van der Waals surface area contributed by atoms with Gasteiger partial charge in [0.05, 0.1) is 28.9 Å². The van der Waals surface area contributed by atoms with Gasteiger partial charge in [0.15, 0.2) is 17.3 Å². The molecule has 0 saturated carbocycles. The third-order valence-corrected chi connectivity index (χ3v) is 5.99.